The molecule has 5 rings (SSSR count). The van der Waals surface area contributed by atoms with Crippen molar-refractivity contribution in [1.29, 1.82) is 0 Å². The predicted octanol–water partition coefficient (Wildman–Crippen LogP) is 5.21. The Morgan fingerprint density at radius 1 is 1.06 bits per heavy atom. The average molecular weight is 461 g/mol. The molecule has 1 saturated heterocycles. The molecule has 176 valence electrons. The molecule has 0 aromatic carbocycles. The third kappa shape index (κ3) is 3.22. The molecule has 0 aromatic heterocycles. The second-order valence-corrected chi connectivity index (χ2v) is 12.8. The first-order valence-electron chi connectivity index (χ1n) is 12.4. The summed E-state index contributed by atoms with van der Waals surface area (Å²) in [7, 11) is 0. The van der Waals surface area contributed by atoms with Crippen LogP contribution in [0, 0.1) is 28.6 Å². The lowest BCUT2D eigenvalue weighted by Crippen LogP contribution is -2.58. The van der Waals surface area contributed by atoms with E-state index < -0.39 is 0 Å². The van der Waals surface area contributed by atoms with Crippen molar-refractivity contribution in [3.63, 3.8) is 0 Å². The molecular weight excluding hydrogens is 424 g/mol. The molecule has 0 aromatic rings. The smallest absolute Gasteiger partial charge is 0.306 e. The van der Waals surface area contributed by atoms with Gasteiger partial charge in [-0.3, -0.25) is 14.4 Å². The molecule has 5 nitrogen and oxygen atoms in total. The van der Waals surface area contributed by atoms with Crippen LogP contribution in [0.5, 0.6) is 0 Å². The molecule has 0 bridgehead atoms. The molecule has 1 aliphatic heterocycles. The molecular formula is C26H36O5S. The fourth-order valence-corrected chi connectivity index (χ4v) is 9.80. The molecule has 3 saturated carbocycles. The fourth-order valence-electron chi connectivity index (χ4n) is 8.57. The topological polar surface area (TPSA) is 69.7 Å². The summed E-state index contributed by atoms with van der Waals surface area (Å²) in [6, 6.07) is 0. The number of allylic oxidation sites excluding steroid dienone is 1. The van der Waals surface area contributed by atoms with E-state index in [0.717, 1.165) is 51.4 Å². The Morgan fingerprint density at radius 2 is 1.81 bits per heavy atom. The summed E-state index contributed by atoms with van der Waals surface area (Å²) < 4.78 is 11.6. The van der Waals surface area contributed by atoms with Gasteiger partial charge in [0, 0.05) is 30.9 Å². The second kappa shape index (κ2) is 7.61. The lowest BCUT2D eigenvalue weighted by Gasteiger charge is -2.61. The summed E-state index contributed by atoms with van der Waals surface area (Å²) in [4.78, 5) is 36.0. The Morgan fingerprint density at radius 3 is 2.47 bits per heavy atom. The third-order valence-corrected chi connectivity index (χ3v) is 11.2. The normalized spacial score (nSPS) is 47.2. The van der Waals surface area contributed by atoms with Crippen LogP contribution in [-0.2, 0) is 23.9 Å². The zero-order valence-corrected chi connectivity index (χ0v) is 20.6. The number of fused-ring (bicyclic) bond motifs is 6. The van der Waals surface area contributed by atoms with E-state index in [-0.39, 0.29) is 44.8 Å². The van der Waals surface area contributed by atoms with Gasteiger partial charge >= 0.3 is 11.9 Å². The average Bonchev–Trinajstić information content (AvgIpc) is 3.22. The summed E-state index contributed by atoms with van der Waals surface area (Å²) >= 11 is 1.51. The summed E-state index contributed by atoms with van der Waals surface area (Å²) in [6.07, 6.45) is 10.5. The maximum absolute atomic E-state index is 12.3. The van der Waals surface area contributed by atoms with Crippen molar-refractivity contribution >= 4 is 28.8 Å². The minimum Gasteiger partial charge on any atom is -0.458 e. The molecule has 0 radical (unpaired) electrons. The molecule has 8 atom stereocenters. The quantitative estimate of drug-likeness (QED) is 0.416. The Hall–Kier alpha value is -1.30. The van der Waals surface area contributed by atoms with Crippen molar-refractivity contribution in [2.45, 2.75) is 102 Å². The first kappa shape index (κ1) is 22.5. The Balaban J connectivity index is 1.51. The molecule has 0 N–H and O–H groups in total. The minimum atomic E-state index is -0.296. The highest BCUT2D eigenvalue weighted by molar-refractivity contribution is 8.14. The summed E-state index contributed by atoms with van der Waals surface area (Å²) in [5, 5.41) is 0.419. The molecule has 0 unspecified atom stereocenters. The predicted molar refractivity (Wildman–Crippen MR) is 123 cm³/mol. The first-order valence-corrected chi connectivity index (χ1v) is 13.2. The van der Waals surface area contributed by atoms with Crippen LogP contribution in [0.4, 0.5) is 0 Å². The second-order valence-electron chi connectivity index (χ2n) is 11.4. The van der Waals surface area contributed by atoms with Crippen molar-refractivity contribution in [3.05, 3.63) is 11.6 Å². The van der Waals surface area contributed by atoms with Gasteiger partial charge in [-0.05, 0) is 80.6 Å². The van der Waals surface area contributed by atoms with Gasteiger partial charge in [0.25, 0.3) is 0 Å². The van der Waals surface area contributed by atoms with E-state index in [1.807, 2.05) is 0 Å². The van der Waals surface area contributed by atoms with Crippen molar-refractivity contribution in [3.8, 4) is 0 Å². The number of rotatable bonds is 2. The number of hydrogen-bond acceptors (Lipinski definition) is 6. The summed E-state index contributed by atoms with van der Waals surface area (Å²) in [5.41, 5.74) is 1.19. The van der Waals surface area contributed by atoms with Crippen LogP contribution in [0.25, 0.3) is 0 Å². The van der Waals surface area contributed by atoms with E-state index in [2.05, 4.69) is 19.9 Å². The van der Waals surface area contributed by atoms with Crippen LogP contribution in [0.3, 0.4) is 0 Å². The molecule has 1 spiro atoms. The van der Waals surface area contributed by atoms with Gasteiger partial charge < -0.3 is 9.47 Å². The van der Waals surface area contributed by atoms with Crippen molar-refractivity contribution in [1.82, 2.24) is 0 Å². The van der Waals surface area contributed by atoms with Gasteiger partial charge in [-0.25, -0.2) is 0 Å². The third-order valence-electron chi connectivity index (χ3n) is 10.0. The highest BCUT2D eigenvalue weighted by Crippen LogP contribution is 2.70. The standard InChI is InChI=1S/C26H36O5S/c1-15(27)30-18-5-9-24(3)17(13-18)14-21(32-16(2)28)23-19(24)6-10-25(4)20(23)7-11-26(25)12-8-22(29)31-26/h13,18-21,23H,5-12,14H2,1-4H3/t18-,19+,20+,21+,23-,24-,25+,26+/m0/s1. The highest BCUT2D eigenvalue weighted by Gasteiger charge is 2.68. The van der Waals surface area contributed by atoms with Crippen molar-refractivity contribution < 1.29 is 23.9 Å². The molecule has 32 heavy (non-hydrogen) atoms. The number of carbonyl (C=O) groups excluding carboxylic acids is 3. The minimum absolute atomic E-state index is 0.00243. The zero-order valence-electron chi connectivity index (χ0n) is 19.8. The van der Waals surface area contributed by atoms with E-state index in [1.54, 1.807) is 6.92 Å². The van der Waals surface area contributed by atoms with E-state index in [0.29, 0.717) is 24.2 Å². The van der Waals surface area contributed by atoms with Crippen LogP contribution in [0.1, 0.15) is 85.5 Å². The molecule has 4 aliphatic carbocycles. The largest absolute Gasteiger partial charge is 0.458 e. The summed E-state index contributed by atoms with van der Waals surface area (Å²) in [5.74, 6) is 1.19. The van der Waals surface area contributed by atoms with Crippen molar-refractivity contribution in [2.75, 3.05) is 0 Å². The van der Waals surface area contributed by atoms with Gasteiger partial charge in [0.15, 0.2) is 5.12 Å². The SMILES string of the molecule is CC(=O)O[C@@H]1C=C2C[C@@H](SC(C)=O)[C@H]3[C@@H](CC[C@]4(C)[C@@H]3CC[C@@]43CCC(=O)O3)[C@@]2(C)CC1. The molecule has 0 amide bonds. The van der Waals surface area contributed by atoms with Gasteiger partial charge in [-0.15, -0.1) is 0 Å². The highest BCUT2D eigenvalue weighted by atomic mass is 32.2. The van der Waals surface area contributed by atoms with E-state index in [1.165, 1.54) is 24.3 Å². The van der Waals surface area contributed by atoms with Crippen LogP contribution in [0.2, 0.25) is 0 Å². The molecule has 4 fully saturated rings. The molecule has 1 heterocycles. The molecule has 5 aliphatic rings. The van der Waals surface area contributed by atoms with Crippen molar-refractivity contribution in [2.24, 2.45) is 28.6 Å². The number of ether oxygens (including phenoxy) is 2. The van der Waals surface area contributed by atoms with Crippen LogP contribution >= 0.6 is 11.8 Å². The lowest BCUT2D eigenvalue weighted by atomic mass is 9.46. The van der Waals surface area contributed by atoms with Gasteiger partial charge in [-0.1, -0.05) is 31.2 Å². The first-order chi connectivity index (χ1) is 15.1. The van der Waals surface area contributed by atoms with Crippen LogP contribution < -0.4 is 0 Å². The van der Waals surface area contributed by atoms with Gasteiger partial charge in [0.2, 0.25) is 0 Å². The Kier molecular flexibility index (Phi) is 5.35. The van der Waals surface area contributed by atoms with Gasteiger partial charge in [0.1, 0.15) is 11.7 Å². The van der Waals surface area contributed by atoms with Crippen LogP contribution in [0.15, 0.2) is 11.6 Å². The van der Waals surface area contributed by atoms with Crippen LogP contribution in [-0.4, -0.2) is 34.0 Å². The summed E-state index contributed by atoms with van der Waals surface area (Å²) in [6.45, 7) is 7.95. The lowest BCUT2D eigenvalue weighted by molar-refractivity contribution is -0.167. The van der Waals surface area contributed by atoms with Gasteiger partial charge in [-0.2, -0.15) is 0 Å². The maximum Gasteiger partial charge on any atom is 0.306 e. The van der Waals surface area contributed by atoms with E-state index >= 15 is 0 Å². The Bertz CT molecular complexity index is 881. The van der Waals surface area contributed by atoms with E-state index in [4.69, 9.17) is 9.47 Å². The fraction of sp³-hybridized carbons (Fsp3) is 0.808. The number of thioether (sulfide) groups is 1. The van der Waals surface area contributed by atoms with Gasteiger partial charge in [0.05, 0.1) is 0 Å². The molecule has 6 heteroatoms. The van der Waals surface area contributed by atoms with E-state index in [9.17, 15) is 14.4 Å². The zero-order chi connectivity index (χ0) is 22.9. The Labute approximate surface area is 195 Å². The number of carbonyl (C=O) groups is 3. The number of hydrogen-bond donors (Lipinski definition) is 0. The maximum atomic E-state index is 12.3. The number of esters is 2. The monoisotopic (exact) mass is 460 g/mol.